The van der Waals surface area contributed by atoms with Gasteiger partial charge in [0.15, 0.2) is 0 Å². The van der Waals surface area contributed by atoms with Crippen molar-refractivity contribution in [3.8, 4) is 0 Å². The minimum atomic E-state index is -4.63. The molecule has 2 rings (SSSR count). The van der Waals surface area contributed by atoms with Crippen molar-refractivity contribution in [2.75, 3.05) is 6.61 Å². The standard InChI is InChI=1S/C8H8F3N5O2S/c1-2-18-7(17)12-3-4-15-16-5(8(9,10)11)13-14-6(16)19-4/h2-3H2,1H3,(H,12,17). The molecule has 0 saturated carbocycles. The molecule has 11 heteroatoms. The second kappa shape index (κ2) is 4.99. The number of alkyl halides is 3. The highest BCUT2D eigenvalue weighted by Gasteiger charge is 2.38. The third kappa shape index (κ3) is 2.92. The molecule has 0 fully saturated rings. The highest BCUT2D eigenvalue weighted by atomic mass is 32.1. The third-order valence-corrected chi connectivity index (χ3v) is 2.84. The monoisotopic (exact) mass is 295 g/mol. The average Bonchev–Trinajstić information content (AvgIpc) is 2.83. The van der Waals surface area contributed by atoms with E-state index in [1.165, 1.54) is 0 Å². The molecular formula is C8H8F3N5O2S. The van der Waals surface area contributed by atoms with E-state index < -0.39 is 18.1 Å². The highest BCUT2D eigenvalue weighted by Crippen LogP contribution is 2.28. The Labute approximate surface area is 108 Å². The summed E-state index contributed by atoms with van der Waals surface area (Å²) < 4.78 is 42.8. The van der Waals surface area contributed by atoms with E-state index in [0.29, 0.717) is 4.52 Å². The van der Waals surface area contributed by atoms with E-state index in [9.17, 15) is 18.0 Å². The Bertz CT molecular complexity index is 593. The summed E-state index contributed by atoms with van der Waals surface area (Å²) in [7, 11) is 0. The van der Waals surface area contributed by atoms with Crippen LogP contribution in [0.2, 0.25) is 0 Å². The van der Waals surface area contributed by atoms with Gasteiger partial charge in [0.05, 0.1) is 13.2 Å². The van der Waals surface area contributed by atoms with Crippen LogP contribution in [0.1, 0.15) is 17.8 Å². The molecule has 0 spiro atoms. The number of carbonyl (C=O) groups is 1. The zero-order chi connectivity index (χ0) is 14.0. The van der Waals surface area contributed by atoms with Crippen molar-refractivity contribution in [3.05, 3.63) is 10.8 Å². The van der Waals surface area contributed by atoms with Crippen LogP contribution >= 0.6 is 11.3 Å². The van der Waals surface area contributed by atoms with Crippen molar-refractivity contribution < 1.29 is 22.7 Å². The van der Waals surface area contributed by atoms with E-state index in [-0.39, 0.29) is 23.1 Å². The van der Waals surface area contributed by atoms with E-state index in [4.69, 9.17) is 0 Å². The lowest BCUT2D eigenvalue weighted by atomic mass is 10.6. The largest absolute Gasteiger partial charge is 0.453 e. The van der Waals surface area contributed by atoms with Gasteiger partial charge in [-0.05, 0) is 6.92 Å². The van der Waals surface area contributed by atoms with Crippen molar-refractivity contribution in [1.29, 1.82) is 0 Å². The molecule has 0 unspecified atom stereocenters. The maximum atomic E-state index is 12.5. The normalized spacial score (nSPS) is 11.8. The van der Waals surface area contributed by atoms with E-state index in [1.807, 2.05) is 0 Å². The van der Waals surface area contributed by atoms with Crippen molar-refractivity contribution >= 4 is 22.4 Å². The Hall–Kier alpha value is -1.91. The number of nitrogens with zero attached hydrogens (tertiary/aromatic N) is 4. The Morgan fingerprint density at radius 1 is 1.47 bits per heavy atom. The SMILES string of the molecule is CCOC(=O)NCc1nn2c(C(F)(F)F)nnc2s1. The molecule has 104 valence electrons. The molecule has 2 aromatic heterocycles. The number of ether oxygens (including phenoxy) is 1. The van der Waals surface area contributed by atoms with E-state index in [2.05, 4.69) is 25.3 Å². The van der Waals surface area contributed by atoms with E-state index in [0.717, 1.165) is 11.3 Å². The van der Waals surface area contributed by atoms with Crippen LogP contribution in [0.25, 0.3) is 4.96 Å². The highest BCUT2D eigenvalue weighted by molar-refractivity contribution is 7.16. The van der Waals surface area contributed by atoms with Gasteiger partial charge in [-0.25, -0.2) is 4.79 Å². The molecule has 0 aromatic carbocycles. The molecule has 0 bridgehead atoms. The van der Waals surface area contributed by atoms with Crippen molar-refractivity contribution in [3.63, 3.8) is 0 Å². The fourth-order valence-corrected chi connectivity index (χ4v) is 2.01. The Morgan fingerprint density at radius 3 is 2.84 bits per heavy atom. The van der Waals surface area contributed by atoms with Gasteiger partial charge >= 0.3 is 12.3 Å². The number of hydrogen-bond donors (Lipinski definition) is 1. The van der Waals surface area contributed by atoms with Gasteiger partial charge in [0.25, 0.3) is 5.82 Å². The van der Waals surface area contributed by atoms with Gasteiger partial charge in [0.2, 0.25) is 4.96 Å². The first-order chi connectivity index (χ1) is 8.91. The van der Waals surface area contributed by atoms with Crippen LogP contribution in [0, 0.1) is 0 Å². The number of alkyl carbamates (subject to hydrolysis) is 1. The van der Waals surface area contributed by atoms with E-state index >= 15 is 0 Å². The van der Waals surface area contributed by atoms with Crippen LogP contribution in [-0.4, -0.2) is 32.5 Å². The Balaban J connectivity index is 2.14. The summed E-state index contributed by atoms with van der Waals surface area (Å²) in [5.41, 5.74) is 0. The van der Waals surface area contributed by atoms with Crippen molar-refractivity contribution in [2.45, 2.75) is 19.6 Å². The molecule has 1 amide bonds. The van der Waals surface area contributed by atoms with Gasteiger partial charge in [-0.3, -0.25) is 0 Å². The van der Waals surface area contributed by atoms with Crippen LogP contribution in [0.15, 0.2) is 0 Å². The molecule has 1 N–H and O–H groups in total. The van der Waals surface area contributed by atoms with Crippen LogP contribution in [0.3, 0.4) is 0 Å². The van der Waals surface area contributed by atoms with Crippen LogP contribution in [0.5, 0.6) is 0 Å². The predicted octanol–water partition coefficient (Wildman–Crippen LogP) is 1.45. The molecule has 7 nitrogen and oxygen atoms in total. The number of aromatic nitrogens is 4. The smallest absolute Gasteiger partial charge is 0.450 e. The molecule has 0 saturated heterocycles. The molecule has 0 aliphatic heterocycles. The molecular weight excluding hydrogens is 287 g/mol. The van der Waals surface area contributed by atoms with Crippen molar-refractivity contribution in [2.24, 2.45) is 0 Å². The number of halogens is 3. The zero-order valence-electron chi connectivity index (χ0n) is 9.56. The lowest BCUT2D eigenvalue weighted by Gasteiger charge is -2.02. The van der Waals surface area contributed by atoms with Gasteiger partial charge in [0.1, 0.15) is 5.01 Å². The molecule has 2 heterocycles. The minimum Gasteiger partial charge on any atom is -0.450 e. The molecule has 0 atom stereocenters. The molecule has 2 aromatic rings. The van der Waals surface area contributed by atoms with Crippen LogP contribution in [0.4, 0.5) is 18.0 Å². The Morgan fingerprint density at radius 2 is 2.21 bits per heavy atom. The summed E-state index contributed by atoms with van der Waals surface area (Å²) >= 11 is 0.902. The molecule has 19 heavy (non-hydrogen) atoms. The summed E-state index contributed by atoms with van der Waals surface area (Å²) in [5.74, 6) is -1.19. The number of fused-ring (bicyclic) bond motifs is 1. The quantitative estimate of drug-likeness (QED) is 0.927. The third-order valence-electron chi connectivity index (χ3n) is 1.95. The van der Waals surface area contributed by atoms with Gasteiger partial charge in [-0.15, -0.1) is 10.2 Å². The number of nitrogens with one attached hydrogen (secondary N) is 1. The van der Waals surface area contributed by atoms with Crippen molar-refractivity contribution in [1.82, 2.24) is 25.1 Å². The van der Waals surface area contributed by atoms with Gasteiger partial charge in [-0.2, -0.15) is 22.8 Å². The second-order valence-electron chi connectivity index (χ2n) is 3.29. The lowest BCUT2D eigenvalue weighted by molar-refractivity contribution is -0.146. The number of carbonyl (C=O) groups excluding carboxylic acids is 1. The van der Waals surface area contributed by atoms with Crippen LogP contribution < -0.4 is 5.32 Å². The first-order valence-electron chi connectivity index (χ1n) is 5.10. The summed E-state index contributed by atoms with van der Waals surface area (Å²) in [4.78, 5) is 11.0. The summed E-state index contributed by atoms with van der Waals surface area (Å²) in [6, 6.07) is 0. The average molecular weight is 295 g/mol. The summed E-state index contributed by atoms with van der Waals surface area (Å²) in [5, 5.41) is 12.7. The number of amides is 1. The topological polar surface area (TPSA) is 81.4 Å². The van der Waals surface area contributed by atoms with Crippen LogP contribution in [-0.2, 0) is 17.5 Å². The zero-order valence-corrected chi connectivity index (χ0v) is 10.4. The fraction of sp³-hybridized carbons (Fsp3) is 0.500. The molecule has 0 aliphatic carbocycles. The minimum absolute atomic E-state index is 0.00739. The maximum absolute atomic E-state index is 12.5. The molecule has 0 aliphatic rings. The summed E-state index contributed by atoms with van der Waals surface area (Å²) in [6.07, 6.45) is -5.29. The number of rotatable bonds is 3. The van der Waals surface area contributed by atoms with Gasteiger partial charge < -0.3 is 10.1 Å². The summed E-state index contributed by atoms with van der Waals surface area (Å²) in [6.45, 7) is 1.80. The number of hydrogen-bond acceptors (Lipinski definition) is 6. The molecule has 0 radical (unpaired) electrons. The second-order valence-corrected chi connectivity index (χ2v) is 4.33. The first-order valence-corrected chi connectivity index (χ1v) is 5.92. The van der Waals surface area contributed by atoms with E-state index in [1.54, 1.807) is 6.92 Å². The van der Waals surface area contributed by atoms with Gasteiger partial charge in [-0.1, -0.05) is 11.3 Å². The fourth-order valence-electron chi connectivity index (χ4n) is 1.23. The Kier molecular flexibility index (Phi) is 3.55. The predicted molar refractivity (Wildman–Crippen MR) is 57.5 cm³/mol. The maximum Gasteiger partial charge on any atom is 0.453 e. The first kappa shape index (κ1) is 13.5. The van der Waals surface area contributed by atoms with Gasteiger partial charge in [0, 0.05) is 0 Å². The lowest BCUT2D eigenvalue weighted by Crippen LogP contribution is -2.23.